The Labute approximate surface area is 139 Å². The molecule has 1 aromatic rings. The zero-order valence-corrected chi connectivity index (χ0v) is 14.9. The van der Waals surface area contributed by atoms with Crippen molar-refractivity contribution >= 4 is 6.09 Å². The van der Waals surface area contributed by atoms with E-state index in [-0.39, 0.29) is 6.04 Å². The number of hydrogen-bond acceptors (Lipinski definition) is 4. The third-order valence-electron chi connectivity index (χ3n) is 3.43. The SMILES string of the molecule is CCCC(CNC(=O)OC(C)(C)C)NCc1cccc(C)c1O. The first kappa shape index (κ1) is 19.3. The second kappa shape index (κ2) is 8.77. The van der Waals surface area contributed by atoms with Crippen LogP contribution in [0.5, 0.6) is 5.75 Å². The summed E-state index contributed by atoms with van der Waals surface area (Å²) in [6, 6.07) is 5.85. The lowest BCUT2D eigenvalue weighted by Gasteiger charge is -2.22. The average molecular weight is 322 g/mol. The Kier molecular flexibility index (Phi) is 7.36. The summed E-state index contributed by atoms with van der Waals surface area (Å²) in [6.45, 7) is 10.6. The molecular formula is C18H30N2O3. The van der Waals surface area contributed by atoms with Gasteiger partial charge in [0.2, 0.25) is 0 Å². The summed E-state index contributed by atoms with van der Waals surface area (Å²) in [5.74, 6) is 0.329. The van der Waals surface area contributed by atoms with Crippen LogP contribution in [0.15, 0.2) is 18.2 Å². The fourth-order valence-electron chi connectivity index (χ4n) is 2.26. The van der Waals surface area contributed by atoms with Crippen molar-refractivity contribution in [2.24, 2.45) is 0 Å². The summed E-state index contributed by atoms with van der Waals surface area (Å²) in [6.07, 6.45) is 1.54. The molecule has 1 unspecified atom stereocenters. The lowest BCUT2D eigenvalue weighted by molar-refractivity contribution is 0.0521. The first-order chi connectivity index (χ1) is 10.7. The first-order valence-corrected chi connectivity index (χ1v) is 8.20. The Morgan fingerprint density at radius 3 is 2.65 bits per heavy atom. The Morgan fingerprint density at radius 2 is 2.04 bits per heavy atom. The van der Waals surface area contributed by atoms with Crippen LogP contribution >= 0.6 is 0 Å². The number of ether oxygens (including phenoxy) is 1. The molecule has 0 aliphatic rings. The van der Waals surface area contributed by atoms with Gasteiger partial charge in [-0.25, -0.2) is 4.79 Å². The van der Waals surface area contributed by atoms with Gasteiger partial charge in [0.15, 0.2) is 0 Å². The van der Waals surface area contributed by atoms with Gasteiger partial charge in [-0.15, -0.1) is 0 Å². The van der Waals surface area contributed by atoms with Gasteiger partial charge in [0.05, 0.1) is 0 Å². The first-order valence-electron chi connectivity index (χ1n) is 8.20. The quantitative estimate of drug-likeness (QED) is 0.719. The Morgan fingerprint density at radius 1 is 1.35 bits per heavy atom. The maximum absolute atomic E-state index is 11.7. The molecule has 0 aliphatic heterocycles. The van der Waals surface area contributed by atoms with Crippen molar-refractivity contribution in [3.8, 4) is 5.75 Å². The molecule has 1 atom stereocenters. The maximum atomic E-state index is 11.7. The number of aromatic hydroxyl groups is 1. The molecule has 1 aromatic carbocycles. The number of hydrogen-bond donors (Lipinski definition) is 3. The molecule has 5 heteroatoms. The fourth-order valence-corrected chi connectivity index (χ4v) is 2.26. The van der Waals surface area contributed by atoms with Gasteiger partial charge in [-0.2, -0.15) is 0 Å². The van der Waals surface area contributed by atoms with Crippen molar-refractivity contribution in [2.45, 2.75) is 65.6 Å². The van der Waals surface area contributed by atoms with Crippen molar-refractivity contribution in [1.29, 1.82) is 0 Å². The Balaban J connectivity index is 2.52. The number of alkyl carbamates (subject to hydrolysis) is 1. The molecule has 0 fully saturated rings. The molecule has 0 spiro atoms. The number of benzene rings is 1. The molecule has 0 aromatic heterocycles. The number of para-hydroxylation sites is 1. The van der Waals surface area contributed by atoms with Gasteiger partial charge in [0, 0.05) is 24.7 Å². The third kappa shape index (κ3) is 7.37. The number of phenols is 1. The van der Waals surface area contributed by atoms with Crippen LogP contribution in [0.2, 0.25) is 0 Å². The van der Waals surface area contributed by atoms with Crippen LogP contribution in [-0.2, 0) is 11.3 Å². The molecule has 0 saturated carbocycles. The molecule has 0 saturated heterocycles. The second-order valence-electron chi connectivity index (χ2n) is 6.83. The summed E-state index contributed by atoms with van der Waals surface area (Å²) >= 11 is 0. The van der Waals surface area contributed by atoms with Crippen molar-refractivity contribution in [3.05, 3.63) is 29.3 Å². The number of rotatable bonds is 7. The average Bonchev–Trinajstić information content (AvgIpc) is 2.44. The highest BCUT2D eigenvalue weighted by Crippen LogP contribution is 2.21. The number of phenolic OH excluding ortho intramolecular Hbond substituents is 1. The third-order valence-corrected chi connectivity index (χ3v) is 3.43. The van der Waals surface area contributed by atoms with Crippen LogP contribution in [0.3, 0.4) is 0 Å². The van der Waals surface area contributed by atoms with E-state index < -0.39 is 11.7 Å². The van der Waals surface area contributed by atoms with E-state index in [1.807, 2.05) is 45.9 Å². The fraction of sp³-hybridized carbons (Fsp3) is 0.611. The summed E-state index contributed by atoms with van der Waals surface area (Å²) in [5.41, 5.74) is 1.23. The lowest BCUT2D eigenvalue weighted by atomic mass is 10.1. The van der Waals surface area contributed by atoms with E-state index in [2.05, 4.69) is 17.6 Å². The summed E-state index contributed by atoms with van der Waals surface area (Å²) < 4.78 is 5.25. The molecule has 1 rings (SSSR count). The Hall–Kier alpha value is -1.75. The van der Waals surface area contributed by atoms with Crippen molar-refractivity contribution in [2.75, 3.05) is 6.54 Å². The van der Waals surface area contributed by atoms with Crippen molar-refractivity contribution in [1.82, 2.24) is 10.6 Å². The molecule has 1 amide bonds. The molecule has 0 radical (unpaired) electrons. The van der Waals surface area contributed by atoms with E-state index in [1.165, 1.54) is 0 Å². The van der Waals surface area contributed by atoms with E-state index in [1.54, 1.807) is 0 Å². The molecule has 5 nitrogen and oxygen atoms in total. The normalized spacial score (nSPS) is 12.7. The van der Waals surface area contributed by atoms with Crippen LogP contribution in [0, 0.1) is 6.92 Å². The van der Waals surface area contributed by atoms with Crippen LogP contribution in [-0.4, -0.2) is 29.4 Å². The number of amides is 1. The maximum Gasteiger partial charge on any atom is 0.407 e. The molecule has 23 heavy (non-hydrogen) atoms. The van der Waals surface area contributed by atoms with E-state index in [9.17, 15) is 9.90 Å². The van der Waals surface area contributed by atoms with Gasteiger partial charge in [-0.1, -0.05) is 31.5 Å². The highest BCUT2D eigenvalue weighted by Gasteiger charge is 2.17. The molecule has 3 N–H and O–H groups in total. The van der Waals surface area contributed by atoms with E-state index in [0.29, 0.717) is 18.8 Å². The topological polar surface area (TPSA) is 70.6 Å². The summed E-state index contributed by atoms with van der Waals surface area (Å²) in [7, 11) is 0. The minimum absolute atomic E-state index is 0.132. The van der Waals surface area contributed by atoms with Gasteiger partial charge < -0.3 is 20.5 Å². The Bertz CT molecular complexity index is 509. The van der Waals surface area contributed by atoms with E-state index in [4.69, 9.17) is 4.74 Å². The molecule has 130 valence electrons. The highest BCUT2D eigenvalue weighted by atomic mass is 16.6. The standard InChI is InChI=1S/C18H30N2O3/c1-6-8-15(12-20-17(22)23-18(3,4)5)19-11-14-10-7-9-13(2)16(14)21/h7,9-10,15,19,21H,6,8,11-12H2,1-5H3,(H,20,22). The van der Waals surface area contributed by atoms with Crippen LogP contribution in [0.1, 0.15) is 51.7 Å². The second-order valence-corrected chi connectivity index (χ2v) is 6.83. The molecule has 0 bridgehead atoms. The van der Waals surface area contributed by atoms with Gasteiger partial charge >= 0.3 is 6.09 Å². The van der Waals surface area contributed by atoms with Crippen molar-refractivity contribution < 1.29 is 14.6 Å². The number of carbonyl (C=O) groups excluding carboxylic acids is 1. The monoisotopic (exact) mass is 322 g/mol. The van der Waals surface area contributed by atoms with Crippen LogP contribution in [0.4, 0.5) is 4.79 Å². The van der Waals surface area contributed by atoms with Crippen LogP contribution in [0.25, 0.3) is 0 Å². The molecule has 0 heterocycles. The lowest BCUT2D eigenvalue weighted by Crippen LogP contribution is -2.42. The van der Waals surface area contributed by atoms with Gasteiger partial charge in [-0.05, 0) is 39.7 Å². The molecular weight excluding hydrogens is 292 g/mol. The summed E-state index contributed by atoms with van der Waals surface area (Å²) in [5, 5.41) is 16.2. The van der Waals surface area contributed by atoms with E-state index >= 15 is 0 Å². The zero-order chi connectivity index (χ0) is 17.5. The van der Waals surface area contributed by atoms with Gasteiger partial charge in [-0.3, -0.25) is 0 Å². The number of nitrogens with one attached hydrogen (secondary N) is 2. The minimum Gasteiger partial charge on any atom is -0.507 e. The minimum atomic E-state index is -0.495. The number of aryl methyl sites for hydroxylation is 1. The predicted octanol–water partition coefficient (Wildman–Crippen LogP) is 3.48. The molecule has 0 aliphatic carbocycles. The van der Waals surface area contributed by atoms with Gasteiger partial charge in [0.1, 0.15) is 11.4 Å². The largest absolute Gasteiger partial charge is 0.507 e. The predicted molar refractivity (Wildman–Crippen MR) is 92.6 cm³/mol. The van der Waals surface area contributed by atoms with Crippen molar-refractivity contribution in [3.63, 3.8) is 0 Å². The smallest absolute Gasteiger partial charge is 0.407 e. The zero-order valence-electron chi connectivity index (χ0n) is 14.9. The van der Waals surface area contributed by atoms with Crippen LogP contribution < -0.4 is 10.6 Å². The van der Waals surface area contributed by atoms with Gasteiger partial charge in [0.25, 0.3) is 0 Å². The number of carbonyl (C=O) groups is 1. The highest BCUT2D eigenvalue weighted by molar-refractivity contribution is 5.67. The van der Waals surface area contributed by atoms with E-state index in [0.717, 1.165) is 24.0 Å². The summed E-state index contributed by atoms with van der Waals surface area (Å²) in [4.78, 5) is 11.7.